The second-order valence-electron chi connectivity index (χ2n) is 6.99. The summed E-state index contributed by atoms with van der Waals surface area (Å²) >= 11 is 0. The topological polar surface area (TPSA) is 75.4 Å². The summed E-state index contributed by atoms with van der Waals surface area (Å²) in [7, 11) is 0. The maximum Gasteiger partial charge on any atom is 0.291 e. The molecule has 2 aromatic heterocycles. The molecule has 7 heteroatoms. The Labute approximate surface area is 142 Å². The number of piperidine rings is 1. The van der Waals surface area contributed by atoms with Gasteiger partial charge < -0.3 is 5.32 Å². The first-order chi connectivity index (χ1) is 11.4. The number of likely N-dealkylation sites (tertiary alicyclic amines) is 1. The molecule has 0 radical (unpaired) electrons. The van der Waals surface area contributed by atoms with Crippen LogP contribution in [-0.2, 0) is 0 Å². The van der Waals surface area contributed by atoms with Crippen LogP contribution in [-0.4, -0.2) is 56.1 Å². The number of carbonyl (C=O) groups excluding carboxylic acids is 1. The Kier molecular flexibility index (Phi) is 4.80. The molecule has 0 saturated carbocycles. The van der Waals surface area contributed by atoms with Crippen LogP contribution >= 0.6 is 0 Å². The normalized spacial score (nSPS) is 20.2. The van der Waals surface area contributed by atoms with Crippen LogP contribution in [0.1, 0.15) is 48.7 Å². The Morgan fingerprint density at radius 3 is 2.96 bits per heavy atom. The predicted octanol–water partition coefficient (Wildman–Crippen LogP) is 1.59. The van der Waals surface area contributed by atoms with Crippen molar-refractivity contribution in [2.75, 3.05) is 19.6 Å². The highest BCUT2D eigenvalue weighted by Gasteiger charge is 2.22. The Bertz CT molecular complexity index is 740. The molecule has 1 aliphatic rings. The molecule has 7 nitrogen and oxygen atoms in total. The van der Waals surface area contributed by atoms with Crippen molar-refractivity contribution in [2.24, 2.45) is 5.92 Å². The molecule has 24 heavy (non-hydrogen) atoms. The van der Waals surface area contributed by atoms with Crippen LogP contribution in [0.2, 0.25) is 0 Å². The van der Waals surface area contributed by atoms with Gasteiger partial charge >= 0.3 is 0 Å². The molecule has 1 saturated heterocycles. The van der Waals surface area contributed by atoms with Crippen molar-refractivity contribution in [1.82, 2.24) is 29.8 Å². The zero-order valence-electron chi connectivity index (χ0n) is 14.9. The molecule has 130 valence electrons. The number of nitrogens with zero attached hydrogens (tertiary/aromatic N) is 5. The van der Waals surface area contributed by atoms with Crippen LogP contribution in [0.4, 0.5) is 0 Å². The van der Waals surface area contributed by atoms with Crippen molar-refractivity contribution in [2.45, 2.75) is 46.6 Å². The van der Waals surface area contributed by atoms with Crippen molar-refractivity contribution in [3.8, 4) is 0 Å². The van der Waals surface area contributed by atoms with Crippen LogP contribution in [0, 0.1) is 19.8 Å². The molecule has 0 bridgehead atoms. The number of aryl methyl sites for hydroxylation is 2. The Balaban J connectivity index is 1.63. The smallest absolute Gasteiger partial charge is 0.291 e. The molecule has 3 heterocycles. The van der Waals surface area contributed by atoms with Gasteiger partial charge in [-0.25, -0.2) is 9.50 Å². The minimum absolute atomic E-state index is 0.176. The van der Waals surface area contributed by atoms with Gasteiger partial charge in [0.2, 0.25) is 5.82 Å². The van der Waals surface area contributed by atoms with Gasteiger partial charge in [-0.1, -0.05) is 6.92 Å². The molecule has 0 aromatic carbocycles. The van der Waals surface area contributed by atoms with E-state index < -0.39 is 0 Å². The second kappa shape index (κ2) is 6.84. The molecular formula is C17H26N6O. The number of rotatable bonds is 4. The Hall–Kier alpha value is -2.02. The Morgan fingerprint density at radius 2 is 2.21 bits per heavy atom. The lowest BCUT2D eigenvalue weighted by atomic mass is 9.99. The van der Waals surface area contributed by atoms with Gasteiger partial charge in [-0.3, -0.25) is 9.69 Å². The van der Waals surface area contributed by atoms with Crippen LogP contribution in [0.3, 0.4) is 0 Å². The van der Waals surface area contributed by atoms with Crippen LogP contribution in [0.5, 0.6) is 0 Å². The molecule has 0 unspecified atom stereocenters. The van der Waals surface area contributed by atoms with E-state index in [1.165, 1.54) is 12.8 Å². The number of hydrogen-bond donors (Lipinski definition) is 1. The van der Waals surface area contributed by atoms with E-state index in [0.29, 0.717) is 18.4 Å². The third-order valence-corrected chi connectivity index (χ3v) is 4.69. The van der Waals surface area contributed by atoms with Gasteiger partial charge in [0.15, 0.2) is 0 Å². The predicted molar refractivity (Wildman–Crippen MR) is 92.0 cm³/mol. The van der Waals surface area contributed by atoms with E-state index in [-0.39, 0.29) is 11.7 Å². The molecule has 2 aromatic rings. The monoisotopic (exact) mass is 330 g/mol. The molecule has 2 atom stereocenters. The van der Waals surface area contributed by atoms with Crippen molar-refractivity contribution in [3.05, 3.63) is 23.3 Å². The van der Waals surface area contributed by atoms with Crippen molar-refractivity contribution in [3.63, 3.8) is 0 Å². The fraction of sp³-hybridized carbons (Fsp3) is 0.647. The summed E-state index contributed by atoms with van der Waals surface area (Å²) in [6.45, 7) is 11.1. The third kappa shape index (κ3) is 3.56. The minimum atomic E-state index is -0.241. The summed E-state index contributed by atoms with van der Waals surface area (Å²) in [6.07, 6.45) is 2.53. The van der Waals surface area contributed by atoms with Gasteiger partial charge in [0.05, 0.1) is 0 Å². The first-order valence-electron chi connectivity index (χ1n) is 8.67. The zero-order valence-corrected chi connectivity index (χ0v) is 14.9. The van der Waals surface area contributed by atoms with Gasteiger partial charge in [0, 0.05) is 30.5 Å². The number of aromatic nitrogens is 4. The fourth-order valence-electron chi connectivity index (χ4n) is 3.34. The molecular weight excluding hydrogens is 304 g/mol. The zero-order chi connectivity index (χ0) is 17.3. The van der Waals surface area contributed by atoms with Gasteiger partial charge in [-0.15, -0.1) is 5.10 Å². The van der Waals surface area contributed by atoms with Crippen molar-refractivity contribution >= 4 is 11.7 Å². The van der Waals surface area contributed by atoms with E-state index in [9.17, 15) is 4.79 Å². The molecule has 1 N–H and O–H groups in total. The lowest BCUT2D eigenvalue weighted by Gasteiger charge is -2.35. The van der Waals surface area contributed by atoms with Crippen LogP contribution in [0.15, 0.2) is 6.07 Å². The van der Waals surface area contributed by atoms with E-state index in [0.717, 1.165) is 30.4 Å². The number of amides is 1. The molecule has 1 aliphatic heterocycles. The van der Waals surface area contributed by atoms with E-state index in [4.69, 9.17) is 0 Å². The van der Waals surface area contributed by atoms with Crippen molar-refractivity contribution in [1.29, 1.82) is 0 Å². The highest BCUT2D eigenvalue weighted by Crippen LogP contribution is 2.17. The molecule has 1 fully saturated rings. The second-order valence-corrected chi connectivity index (χ2v) is 6.99. The lowest BCUT2D eigenvalue weighted by molar-refractivity contribution is 0.0908. The standard InChI is InChI=1S/C17H26N6O/c1-11-6-5-7-22(10-11)14(4)9-18-16(24)15-20-17-19-12(2)8-13(3)23(17)21-15/h8,11,14H,5-7,9-10H2,1-4H3,(H,18,24)/t11-,14+/m1/s1. The third-order valence-electron chi connectivity index (χ3n) is 4.69. The van der Waals surface area contributed by atoms with Gasteiger partial charge in [0.1, 0.15) is 0 Å². The summed E-state index contributed by atoms with van der Waals surface area (Å²) in [5.41, 5.74) is 1.78. The van der Waals surface area contributed by atoms with Crippen LogP contribution < -0.4 is 5.32 Å². The summed E-state index contributed by atoms with van der Waals surface area (Å²) in [6, 6.07) is 2.24. The average molecular weight is 330 g/mol. The van der Waals surface area contributed by atoms with Gasteiger partial charge in [-0.05, 0) is 52.1 Å². The van der Waals surface area contributed by atoms with Crippen molar-refractivity contribution < 1.29 is 4.79 Å². The lowest BCUT2D eigenvalue weighted by Crippen LogP contribution is -2.46. The Morgan fingerprint density at radius 1 is 1.42 bits per heavy atom. The van der Waals surface area contributed by atoms with E-state index >= 15 is 0 Å². The number of hydrogen-bond acceptors (Lipinski definition) is 5. The van der Waals surface area contributed by atoms with Crippen LogP contribution in [0.25, 0.3) is 5.78 Å². The summed E-state index contributed by atoms with van der Waals surface area (Å²) < 4.78 is 1.61. The fourth-order valence-corrected chi connectivity index (χ4v) is 3.34. The summed E-state index contributed by atoms with van der Waals surface area (Å²) in [4.78, 5) is 23.4. The maximum absolute atomic E-state index is 12.4. The highest BCUT2D eigenvalue weighted by molar-refractivity contribution is 5.90. The van der Waals surface area contributed by atoms with E-state index in [1.54, 1.807) is 4.52 Å². The number of nitrogens with one attached hydrogen (secondary N) is 1. The summed E-state index contributed by atoms with van der Waals surface area (Å²) in [5.74, 6) is 1.13. The molecule has 3 rings (SSSR count). The van der Waals surface area contributed by atoms with Gasteiger partial charge in [-0.2, -0.15) is 4.98 Å². The average Bonchev–Trinajstić information content (AvgIpc) is 2.96. The summed E-state index contributed by atoms with van der Waals surface area (Å²) in [5, 5.41) is 7.23. The van der Waals surface area contributed by atoms with Gasteiger partial charge in [0.25, 0.3) is 11.7 Å². The van der Waals surface area contributed by atoms with E-state index in [2.05, 4.69) is 39.1 Å². The number of fused-ring (bicyclic) bond motifs is 1. The first kappa shape index (κ1) is 16.8. The number of carbonyl (C=O) groups is 1. The highest BCUT2D eigenvalue weighted by atomic mass is 16.2. The molecule has 0 aliphatic carbocycles. The first-order valence-corrected chi connectivity index (χ1v) is 8.67. The molecule has 0 spiro atoms. The van der Waals surface area contributed by atoms with E-state index in [1.807, 2.05) is 19.9 Å². The largest absolute Gasteiger partial charge is 0.348 e. The quantitative estimate of drug-likeness (QED) is 0.921. The minimum Gasteiger partial charge on any atom is -0.348 e. The maximum atomic E-state index is 12.4. The SMILES string of the molecule is Cc1cc(C)n2nc(C(=O)NC[C@H](C)N3CCC[C@@H](C)C3)nc2n1. The molecule has 1 amide bonds.